The van der Waals surface area contributed by atoms with Crippen molar-refractivity contribution in [1.82, 2.24) is 9.55 Å². The Balaban J connectivity index is 1.44. The van der Waals surface area contributed by atoms with E-state index >= 15 is 0 Å². The maximum atomic E-state index is 12.0. The molecule has 6 nitrogen and oxygen atoms in total. The van der Waals surface area contributed by atoms with Gasteiger partial charge >= 0.3 is 5.97 Å². The highest BCUT2D eigenvalue weighted by Gasteiger charge is 2.26. The summed E-state index contributed by atoms with van der Waals surface area (Å²) in [5.74, 6) is 2.61. The summed E-state index contributed by atoms with van der Waals surface area (Å²) in [5.41, 5.74) is 5.71. The molecule has 37 heavy (non-hydrogen) atoms. The van der Waals surface area contributed by atoms with Gasteiger partial charge in [0.05, 0.1) is 19.4 Å². The molecule has 1 heterocycles. The standard InChI is InChI=1S/C31H40N2O4/c1-5-7-8-19-33-28(22(3)32-31(33)23-10-13-25(35-4)14-11-23)18-20-36-26-15-16-27-24(21-26)12-17-29(27)37-30(34)9-6-2/h10-11,13-16,21,29H,5-9,12,17-20H2,1-4H3/t29-/m0/s1. The first-order chi connectivity index (χ1) is 18.0. The minimum absolute atomic E-state index is 0.111. The molecule has 0 unspecified atom stereocenters. The lowest BCUT2D eigenvalue weighted by atomic mass is 10.1. The number of imidazole rings is 1. The average molecular weight is 505 g/mol. The summed E-state index contributed by atoms with van der Waals surface area (Å²) in [6, 6.07) is 14.3. The Morgan fingerprint density at radius 1 is 1.05 bits per heavy atom. The lowest BCUT2D eigenvalue weighted by Gasteiger charge is -2.15. The molecule has 3 aromatic rings. The van der Waals surface area contributed by atoms with Gasteiger partial charge in [0.25, 0.3) is 0 Å². The summed E-state index contributed by atoms with van der Waals surface area (Å²) < 4.78 is 19.6. The molecule has 0 fully saturated rings. The van der Waals surface area contributed by atoms with Crippen LogP contribution in [0.25, 0.3) is 11.4 Å². The van der Waals surface area contributed by atoms with Crippen molar-refractivity contribution in [3.05, 3.63) is 65.0 Å². The van der Waals surface area contributed by atoms with Crippen molar-refractivity contribution in [2.75, 3.05) is 13.7 Å². The lowest BCUT2D eigenvalue weighted by Crippen LogP contribution is -2.11. The fourth-order valence-corrected chi connectivity index (χ4v) is 5.10. The molecule has 1 aliphatic rings. The molecule has 0 spiro atoms. The number of rotatable bonds is 13. The molecule has 4 rings (SSSR count). The quantitative estimate of drug-likeness (QED) is 0.185. The van der Waals surface area contributed by atoms with E-state index in [0.29, 0.717) is 13.0 Å². The molecule has 0 amide bonds. The van der Waals surface area contributed by atoms with Crippen LogP contribution in [-0.4, -0.2) is 29.2 Å². The molecular formula is C31H40N2O4. The van der Waals surface area contributed by atoms with E-state index < -0.39 is 0 Å². The third-order valence-electron chi connectivity index (χ3n) is 7.08. The van der Waals surface area contributed by atoms with E-state index in [1.54, 1.807) is 7.11 Å². The van der Waals surface area contributed by atoms with Crippen molar-refractivity contribution in [2.24, 2.45) is 0 Å². The normalized spacial score (nSPS) is 14.4. The number of carbonyl (C=O) groups is 1. The first-order valence-electron chi connectivity index (χ1n) is 13.7. The largest absolute Gasteiger partial charge is 0.497 e. The molecule has 1 aliphatic carbocycles. The van der Waals surface area contributed by atoms with Gasteiger partial charge in [0.2, 0.25) is 0 Å². The van der Waals surface area contributed by atoms with Gasteiger partial charge in [-0.25, -0.2) is 4.98 Å². The predicted molar refractivity (Wildman–Crippen MR) is 146 cm³/mol. The third kappa shape index (κ3) is 6.54. The molecule has 6 heteroatoms. The molecule has 0 saturated heterocycles. The van der Waals surface area contributed by atoms with Crippen LogP contribution >= 0.6 is 0 Å². The van der Waals surface area contributed by atoms with Gasteiger partial charge in [-0.3, -0.25) is 4.79 Å². The van der Waals surface area contributed by atoms with Crippen LogP contribution in [0.4, 0.5) is 0 Å². The van der Waals surface area contributed by atoms with E-state index in [4.69, 9.17) is 19.2 Å². The molecular weight excluding hydrogens is 464 g/mol. The van der Waals surface area contributed by atoms with Gasteiger partial charge in [0.1, 0.15) is 23.4 Å². The van der Waals surface area contributed by atoms with Crippen LogP contribution in [-0.2, 0) is 28.9 Å². The zero-order valence-electron chi connectivity index (χ0n) is 22.7. The second-order valence-corrected chi connectivity index (χ2v) is 9.78. The second-order valence-electron chi connectivity index (χ2n) is 9.78. The molecule has 0 radical (unpaired) electrons. The van der Waals surface area contributed by atoms with Gasteiger partial charge in [-0.15, -0.1) is 0 Å². The topological polar surface area (TPSA) is 62.6 Å². The summed E-state index contributed by atoms with van der Waals surface area (Å²) in [7, 11) is 1.69. The van der Waals surface area contributed by atoms with Crippen LogP contribution in [0, 0.1) is 6.92 Å². The number of esters is 1. The van der Waals surface area contributed by atoms with Crippen LogP contribution in [0.2, 0.25) is 0 Å². The number of hydrogen-bond acceptors (Lipinski definition) is 5. The number of nitrogens with zero attached hydrogens (tertiary/aromatic N) is 2. The van der Waals surface area contributed by atoms with Crippen molar-refractivity contribution >= 4 is 5.97 Å². The van der Waals surface area contributed by atoms with Crippen molar-refractivity contribution in [1.29, 1.82) is 0 Å². The molecule has 2 aromatic carbocycles. The Kier molecular flexibility index (Phi) is 9.26. The Bertz CT molecular complexity index is 1180. The summed E-state index contributed by atoms with van der Waals surface area (Å²) in [6.07, 6.45) is 7.20. The number of ether oxygens (including phenoxy) is 3. The Morgan fingerprint density at radius 2 is 1.84 bits per heavy atom. The lowest BCUT2D eigenvalue weighted by molar-refractivity contribution is -0.149. The first kappa shape index (κ1) is 26.8. The van der Waals surface area contributed by atoms with Crippen LogP contribution in [0.15, 0.2) is 42.5 Å². The van der Waals surface area contributed by atoms with E-state index in [1.165, 1.54) is 24.1 Å². The number of hydrogen-bond donors (Lipinski definition) is 0. The van der Waals surface area contributed by atoms with E-state index in [0.717, 1.165) is 72.8 Å². The fraction of sp³-hybridized carbons (Fsp3) is 0.484. The number of benzene rings is 2. The van der Waals surface area contributed by atoms with Crippen LogP contribution < -0.4 is 9.47 Å². The van der Waals surface area contributed by atoms with Crippen molar-refractivity contribution in [3.8, 4) is 22.9 Å². The average Bonchev–Trinajstić information content (AvgIpc) is 3.44. The van der Waals surface area contributed by atoms with Gasteiger partial charge in [-0.1, -0.05) is 32.8 Å². The first-order valence-corrected chi connectivity index (χ1v) is 13.7. The Hall–Kier alpha value is -3.28. The summed E-state index contributed by atoms with van der Waals surface area (Å²) in [5, 5.41) is 0. The number of carbonyl (C=O) groups excluding carboxylic acids is 1. The number of aromatic nitrogens is 2. The maximum Gasteiger partial charge on any atom is 0.306 e. The van der Waals surface area contributed by atoms with Crippen LogP contribution in [0.3, 0.4) is 0 Å². The SMILES string of the molecule is CCCCCn1c(-c2ccc(OC)cc2)nc(C)c1CCOc1ccc2c(c1)CC[C@@H]2OC(=O)CCC. The van der Waals surface area contributed by atoms with E-state index in [2.05, 4.69) is 42.7 Å². The Morgan fingerprint density at radius 3 is 2.57 bits per heavy atom. The molecule has 0 bridgehead atoms. The van der Waals surface area contributed by atoms with Gasteiger partial charge in [-0.2, -0.15) is 0 Å². The molecule has 0 N–H and O–H groups in total. The molecule has 1 atom stereocenters. The summed E-state index contributed by atoms with van der Waals surface area (Å²) in [4.78, 5) is 16.9. The maximum absolute atomic E-state index is 12.0. The monoisotopic (exact) mass is 504 g/mol. The summed E-state index contributed by atoms with van der Waals surface area (Å²) in [6.45, 7) is 7.84. The number of methoxy groups -OCH3 is 1. The smallest absolute Gasteiger partial charge is 0.306 e. The number of aryl methyl sites for hydroxylation is 2. The highest BCUT2D eigenvalue weighted by atomic mass is 16.5. The van der Waals surface area contributed by atoms with Crippen molar-refractivity contribution in [3.63, 3.8) is 0 Å². The minimum atomic E-state index is -0.125. The zero-order chi connectivity index (χ0) is 26.2. The van der Waals surface area contributed by atoms with Crippen LogP contribution in [0.5, 0.6) is 11.5 Å². The Labute approximate surface area is 221 Å². The molecule has 1 aromatic heterocycles. The van der Waals surface area contributed by atoms with Crippen molar-refractivity contribution < 1.29 is 19.0 Å². The second kappa shape index (κ2) is 12.8. The number of unbranched alkanes of at least 4 members (excludes halogenated alkanes) is 2. The third-order valence-corrected chi connectivity index (χ3v) is 7.08. The van der Waals surface area contributed by atoms with Gasteiger partial charge in [0.15, 0.2) is 0 Å². The highest BCUT2D eigenvalue weighted by molar-refractivity contribution is 5.69. The van der Waals surface area contributed by atoms with E-state index in [1.807, 2.05) is 25.1 Å². The van der Waals surface area contributed by atoms with E-state index in [-0.39, 0.29) is 12.1 Å². The van der Waals surface area contributed by atoms with Gasteiger partial charge < -0.3 is 18.8 Å². The summed E-state index contributed by atoms with van der Waals surface area (Å²) >= 11 is 0. The van der Waals surface area contributed by atoms with Gasteiger partial charge in [0, 0.05) is 30.6 Å². The van der Waals surface area contributed by atoms with Crippen LogP contribution in [0.1, 0.15) is 81.0 Å². The van der Waals surface area contributed by atoms with E-state index in [9.17, 15) is 4.79 Å². The zero-order valence-corrected chi connectivity index (χ0v) is 22.7. The fourth-order valence-electron chi connectivity index (χ4n) is 5.10. The van der Waals surface area contributed by atoms with Crippen molar-refractivity contribution in [2.45, 2.75) is 84.8 Å². The van der Waals surface area contributed by atoms with Gasteiger partial charge in [-0.05, 0) is 80.1 Å². The predicted octanol–water partition coefficient (Wildman–Crippen LogP) is 7.01. The molecule has 0 saturated carbocycles. The molecule has 0 aliphatic heterocycles. The number of fused-ring (bicyclic) bond motifs is 1. The molecule has 198 valence electrons. The highest BCUT2D eigenvalue weighted by Crippen LogP contribution is 2.36. The minimum Gasteiger partial charge on any atom is -0.497 e.